The van der Waals surface area contributed by atoms with Crippen molar-refractivity contribution in [2.45, 2.75) is 26.4 Å². The van der Waals surface area contributed by atoms with E-state index in [0.29, 0.717) is 12.1 Å². The Kier molecular flexibility index (Phi) is 5.30. The van der Waals surface area contributed by atoms with Crippen LogP contribution in [0.4, 0.5) is 4.79 Å². The third kappa shape index (κ3) is 6.41. The quantitative estimate of drug-likeness (QED) is 0.847. The Morgan fingerprint density at radius 2 is 1.79 bits per heavy atom. The molecule has 0 aliphatic heterocycles. The summed E-state index contributed by atoms with van der Waals surface area (Å²) in [6.07, 6.45) is 4.05. The third-order valence-corrected chi connectivity index (χ3v) is 2.15. The van der Waals surface area contributed by atoms with Gasteiger partial charge in [-0.1, -0.05) is 36.4 Å². The first kappa shape index (κ1) is 15.0. The molecule has 0 atom stereocenters. The number of ether oxygens (including phenoxy) is 1. The molecule has 0 fully saturated rings. The van der Waals surface area contributed by atoms with Gasteiger partial charge in [0.1, 0.15) is 11.9 Å². The molecular weight excluding hydrogens is 242 g/mol. The second-order valence-electron chi connectivity index (χ2n) is 5.07. The summed E-state index contributed by atoms with van der Waals surface area (Å²) < 4.78 is 5.10. The first-order chi connectivity index (χ1) is 8.90. The topological polar surface area (TPSA) is 55.4 Å². The van der Waals surface area contributed by atoms with Crippen molar-refractivity contribution in [2.24, 2.45) is 0 Å². The smallest absolute Gasteiger partial charge is 0.407 e. The minimum Gasteiger partial charge on any atom is -0.444 e. The van der Waals surface area contributed by atoms with Gasteiger partial charge in [0.15, 0.2) is 0 Å². The average Bonchev–Trinajstić information content (AvgIpc) is 2.33. The van der Waals surface area contributed by atoms with Gasteiger partial charge < -0.3 is 10.1 Å². The highest BCUT2D eigenvalue weighted by atomic mass is 16.6. The number of benzene rings is 1. The van der Waals surface area contributed by atoms with Gasteiger partial charge in [-0.05, 0) is 26.3 Å². The first-order valence-electron chi connectivity index (χ1n) is 6.09. The van der Waals surface area contributed by atoms with Crippen molar-refractivity contribution in [3.63, 3.8) is 0 Å². The van der Waals surface area contributed by atoms with Gasteiger partial charge in [0.2, 0.25) is 0 Å². The zero-order valence-electron chi connectivity index (χ0n) is 11.5. The van der Waals surface area contributed by atoms with Crippen LogP contribution >= 0.6 is 0 Å². The first-order valence-corrected chi connectivity index (χ1v) is 6.09. The van der Waals surface area contributed by atoms with E-state index in [9.17, 15) is 9.59 Å². The van der Waals surface area contributed by atoms with Gasteiger partial charge >= 0.3 is 6.09 Å². The van der Waals surface area contributed by atoms with Crippen molar-refractivity contribution in [3.05, 3.63) is 41.5 Å². The maximum absolute atomic E-state index is 11.3. The molecule has 4 nitrogen and oxygen atoms in total. The van der Waals surface area contributed by atoms with Gasteiger partial charge in [-0.25, -0.2) is 4.79 Å². The van der Waals surface area contributed by atoms with Crippen molar-refractivity contribution in [3.8, 4) is 0 Å². The summed E-state index contributed by atoms with van der Waals surface area (Å²) in [6, 6.07) is 7.17. The van der Waals surface area contributed by atoms with E-state index in [1.165, 1.54) is 0 Å². The van der Waals surface area contributed by atoms with Crippen LogP contribution in [0.3, 0.4) is 0 Å². The molecule has 102 valence electrons. The summed E-state index contributed by atoms with van der Waals surface area (Å²) in [5.41, 5.74) is 1.12. The number of rotatable bonds is 4. The van der Waals surface area contributed by atoms with Gasteiger partial charge in [-0.2, -0.15) is 0 Å². The molecule has 0 unspecified atom stereocenters. The second kappa shape index (κ2) is 6.73. The van der Waals surface area contributed by atoms with Gasteiger partial charge in [0.05, 0.1) is 0 Å². The molecular formula is C15H19NO3. The van der Waals surface area contributed by atoms with E-state index in [1.807, 2.05) is 45.1 Å². The summed E-state index contributed by atoms with van der Waals surface area (Å²) in [5, 5.41) is 2.63. The molecule has 1 amide bonds. The summed E-state index contributed by atoms with van der Waals surface area (Å²) in [4.78, 5) is 21.8. The second-order valence-corrected chi connectivity index (χ2v) is 5.07. The van der Waals surface area contributed by atoms with Crippen molar-refractivity contribution in [1.82, 2.24) is 5.32 Å². The molecule has 0 bridgehead atoms. The van der Waals surface area contributed by atoms with E-state index < -0.39 is 11.7 Å². The van der Waals surface area contributed by atoms with Crippen LogP contribution < -0.4 is 5.32 Å². The molecule has 0 aromatic heterocycles. The van der Waals surface area contributed by atoms with Crippen molar-refractivity contribution >= 4 is 18.5 Å². The lowest BCUT2D eigenvalue weighted by Gasteiger charge is -2.19. The Labute approximate surface area is 113 Å². The largest absolute Gasteiger partial charge is 0.444 e. The molecule has 0 saturated carbocycles. The molecule has 1 aromatic carbocycles. The molecule has 0 spiro atoms. The van der Waals surface area contributed by atoms with Crippen LogP contribution in [0.15, 0.2) is 30.3 Å². The highest BCUT2D eigenvalue weighted by Crippen LogP contribution is 2.06. The van der Waals surface area contributed by atoms with E-state index in [0.717, 1.165) is 11.8 Å². The molecule has 0 saturated heterocycles. The molecule has 1 N–H and O–H groups in total. The van der Waals surface area contributed by atoms with Gasteiger partial charge in [-0.3, -0.25) is 4.79 Å². The molecule has 0 radical (unpaired) electrons. The Hall–Kier alpha value is -2.10. The fourth-order valence-corrected chi connectivity index (χ4v) is 1.34. The number of carbonyl (C=O) groups is 2. The van der Waals surface area contributed by atoms with Crippen molar-refractivity contribution in [2.75, 3.05) is 6.54 Å². The van der Waals surface area contributed by atoms with Crippen molar-refractivity contribution < 1.29 is 14.3 Å². The molecule has 19 heavy (non-hydrogen) atoms. The fourth-order valence-electron chi connectivity index (χ4n) is 1.34. The van der Waals surface area contributed by atoms with Gasteiger partial charge in [0, 0.05) is 12.1 Å². The van der Waals surface area contributed by atoms with E-state index >= 15 is 0 Å². The fraction of sp³-hybridized carbons (Fsp3) is 0.333. The number of alkyl carbamates (subject to hydrolysis) is 1. The summed E-state index contributed by atoms with van der Waals surface area (Å²) in [7, 11) is 0. The molecule has 1 rings (SSSR count). The number of amides is 1. The van der Waals surface area contributed by atoms with E-state index in [-0.39, 0.29) is 0 Å². The van der Waals surface area contributed by atoms with Crippen LogP contribution in [0.1, 0.15) is 36.7 Å². The molecule has 0 aliphatic carbocycles. The maximum Gasteiger partial charge on any atom is 0.407 e. The Morgan fingerprint density at radius 3 is 2.32 bits per heavy atom. The van der Waals surface area contributed by atoms with Crippen LogP contribution in [0, 0.1) is 0 Å². The normalized spacial score (nSPS) is 11.3. The van der Waals surface area contributed by atoms with Crippen LogP contribution in [-0.4, -0.2) is 24.5 Å². The average molecular weight is 261 g/mol. The van der Waals surface area contributed by atoms with E-state index in [2.05, 4.69) is 5.32 Å². The van der Waals surface area contributed by atoms with Crippen LogP contribution in [0.25, 0.3) is 6.08 Å². The molecule has 0 heterocycles. The minimum absolute atomic E-state index is 0.393. The minimum atomic E-state index is -0.488. The number of hydrogen-bond donors (Lipinski definition) is 1. The lowest BCUT2D eigenvalue weighted by molar-refractivity contribution is 0.0534. The zero-order valence-corrected chi connectivity index (χ0v) is 11.5. The third-order valence-electron chi connectivity index (χ3n) is 2.15. The maximum atomic E-state index is 11.3. The summed E-state index contributed by atoms with van der Waals surface area (Å²) >= 11 is 0. The van der Waals surface area contributed by atoms with Crippen LogP contribution in [0.5, 0.6) is 0 Å². The number of carbonyl (C=O) groups excluding carboxylic acids is 2. The standard InChI is InChI=1S/C15H19NO3/c1-15(2,3)19-14(18)16-10-4-5-12-6-8-13(11-17)9-7-12/h4-9,11H,10H2,1-3H3,(H,16,18). The SMILES string of the molecule is CC(C)(C)OC(=O)NCC=Cc1ccc(C=O)cc1. The number of nitrogens with one attached hydrogen (secondary N) is 1. The highest BCUT2D eigenvalue weighted by Gasteiger charge is 2.14. The molecule has 4 heteroatoms. The summed E-state index contributed by atoms with van der Waals surface area (Å²) in [5.74, 6) is 0. The molecule has 1 aromatic rings. The van der Waals surface area contributed by atoms with Gasteiger partial charge in [0.25, 0.3) is 0 Å². The van der Waals surface area contributed by atoms with Crippen LogP contribution in [0.2, 0.25) is 0 Å². The summed E-state index contributed by atoms with van der Waals surface area (Å²) in [6.45, 7) is 5.84. The van der Waals surface area contributed by atoms with Crippen molar-refractivity contribution in [1.29, 1.82) is 0 Å². The lowest BCUT2D eigenvalue weighted by Crippen LogP contribution is -2.32. The lowest BCUT2D eigenvalue weighted by atomic mass is 10.1. The Morgan fingerprint density at radius 1 is 1.21 bits per heavy atom. The van der Waals surface area contributed by atoms with E-state index in [4.69, 9.17) is 4.74 Å². The monoisotopic (exact) mass is 261 g/mol. The highest BCUT2D eigenvalue weighted by molar-refractivity contribution is 5.75. The predicted octanol–water partition coefficient (Wildman–Crippen LogP) is 3.04. The van der Waals surface area contributed by atoms with Crippen LogP contribution in [-0.2, 0) is 4.74 Å². The zero-order chi connectivity index (χ0) is 14.3. The molecule has 0 aliphatic rings. The number of hydrogen-bond acceptors (Lipinski definition) is 3. The Bertz CT molecular complexity index is 455. The number of aldehydes is 1. The van der Waals surface area contributed by atoms with Gasteiger partial charge in [-0.15, -0.1) is 0 Å². The Balaban J connectivity index is 2.37. The van der Waals surface area contributed by atoms with E-state index in [1.54, 1.807) is 12.1 Å². The predicted molar refractivity (Wildman–Crippen MR) is 75.1 cm³/mol.